The summed E-state index contributed by atoms with van der Waals surface area (Å²) in [4.78, 5) is 19.0. The molecule has 3 rings (SSSR count). The maximum absolute atomic E-state index is 12.9. The Morgan fingerprint density at radius 2 is 2.22 bits per heavy atom. The minimum atomic E-state index is -0.259. The van der Waals surface area contributed by atoms with Gasteiger partial charge in [-0.1, -0.05) is 30.0 Å². The smallest absolute Gasteiger partial charge is 0.240 e. The van der Waals surface area contributed by atoms with Crippen LogP contribution in [0.25, 0.3) is 0 Å². The average Bonchev–Trinajstić information content (AvgIpc) is 2.90. The normalized spacial score (nSPS) is 17.4. The molecule has 0 aliphatic carbocycles. The summed E-state index contributed by atoms with van der Waals surface area (Å²) in [5.74, 6) is 0.0802. The van der Waals surface area contributed by atoms with E-state index in [4.69, 9.17) is 5.26 Å². The van der Waals surface area contributed by atoms with Crippen LogP contribution in [0.5, 0.6) is 0 Å². The van der Waals surface area contributed by atoms with E-state index >= 15 is 0 Å². The third-order valence-electron chi connectivity index (χ3n) is 3.95. The van der Waals surface area contributed by atoms with Crippen molar-refractivity contribution in [3.8, 4) is 6.07 Å². The first-order valence-electron chi connectivity index (χ1n) is 7.54. The number of benzene rings is 1. The molecule has 0 fully saturated rings. The predicted molar refractivity (Wildman–Crippen MR) is 91.4 cm³/mol. The lowest BCUT2D eigenvalue weighted by atomic mass is 10.1. The van der Waals surface area contributed by atoms with Crippen molar-refractivity contribution in [3.63, 3.8) is 0 Å². The van der Waals surface area contributed by atoms with Crippen LogP contribution in [0.4, 0.5) is 5.69 Å². The lowest BCUT2D eigenvalue weighted by Crippen LogP contribution is -2.40. The van der Waals surface area contributed by atoms with Gasteiger partial charge in [0.05, 0.1) is 21.9 Å². The van der Waals surface area contributed by atoms with Crippen molar-refractivity contribution in [1.82, 2.24) is 4.98 Å². The van der Waals surface area contributed by atoms with Gasteiger partial charge in [-0.05, 0) is 44.0 Å². The molecule has 4 nitrogen and oxygen atoms in total. The Labute approximate surface area is 140 Å². The first-order chi connectivity index (χ1) is 11.1. The van der Waals surface area contributed by atoms with E-state index in [-0.39, 0.29) is 17.2 Å². The highest BCUT2D eigenvalue weighted by Crippen LogP contribution is 2.34. The Bertz CT molecular complexity index is 784. The van der Waals surface area contributed by atoms with Crippen molar-refractivity contribution in [2.75, 3.05) is 4.90 Å². The first-order valence-corrected chi connectivity index (χ1v) is 8.42. The Balaban J connectivity index is 1.79. The molecular formula is C18H17N3OS. The number of thioether (sulfide) groups is 1. The topological polar surface area (TPSA) is 57.0 Å². The van der Waals surface area contributed by atoms with E-state index in [9.17, 15) is 4.79 Å². The van der Waals surface area contributed by atoms with Crippen LogP contribution in [0.3, 0.4) is 0 Å². The number of nitrogens with zero attached hydrogens (tertiary/aromatic N) is 3. The van der Waals surface area contributed by atoms with Crippen LogP contribution in [0.1, 0.15) is 25.0 Å². The van der Waals surface area contributed by atoms with E-state index in [1.54, 1.807) is 18.3 Å². The zero-order chi connectivity index (χ0) is 16.4. The number of hydrogen-bond donors (Lipinski definition) is 0. The molecule has 5 heteroatoms. The van der Waals surface area contributed by atoms with Crippen molar-refractivity contribution in [1.29, 1.82) is 5.26 Å². The number of nitriles is 1. The minimum Gasteiger partial charge on any atom is -0.308 e. The molecule has 2 aromatic rings. The van der Waals surface area contributed by atoms with Gasteiger partial charge in [-0.25, -0.2) is 4.98 Å². The van der Waals surface area contributed by atoms with Gasteiger partial charge in [-0.3, -0.25) is 4.79 Å². The van der Waals surface area contributed by atoms with Gasteiger partial charge in [0, 0.05) is 17.9 Å². The van der Waals surface area contributed by atoms with E-state index in [0.29, 0.717) is 10.6 Å². The molecular weight excluding hydrogens is 306 g/mol. The van der Waals surface area contributed by atoms with Gasteiger partial charge in [-0.15, -0.1) is 0 Å². The molecule has 0 spiro atoms. The number of carbonyl (C=O) groups is 1. The zero-order valence-corrected chi connectivity index (χ0v) is 13.9. The Kier molecular flexibility index (Phi) is 4.35. The third-order valence-corrected chi connectivity index (χ3v) is 4.97. The largest absolute Gasteiger partial charge is 0.308 e. The van der Waals surface area contributed by atoms with E-state index in [2.05, 4.69) is 24.0 Å². The molecule has 2 atom stereocenters. The van der Waals surface area contributed by atoms with E-state index in [0.717, 1.165) is 12.1 Å². The van der Waals surface area contributed by atoms with Gasteiger partial charge < -0.3 is 4.90 Å². The quantitative estimate of drug-likeness (QED) is 0.812. The highest BCUT2D eigenvalue weighted by atomic mass is 32.2. The summed E-state index contributed by atoms with van der Waals surface area (Å²) in [6.07, 6.45) is 2.49. The molecule has 23 heavy (non-hydrogen) atoms. The van der Waals surface area contributed by atoms with E-state index in [1.807, 2.05) is 30.0 Å². The van der Waals surface area contributed by atoms with Crippen molar-refractivity contribution in [2.24, 2.45) is 0 Å². The van der Waals surface area contributed by atoms with Crippen molar-refractivity contribution >= 4 is 23.4 Å². The molecule has 1 aromatic carbocycles. The number of carbonyl (C=O) groups excluding carboxylic acids is 1. The first kappa shape index (κ1) is 15.6. The van der Waals surface area contributed by atoms with Gasteiger partial charge in [0.1, 0.15) is 0 Å². The minimum absolute atomic E-state index is 0.0802. The van der Waals surface area contributed by atoms with Crippen LogP contribution in [-0.4, -0.2) is 22.2 Å². The van der Waals surface area contributed by atoms with Crippen LogP contribution in [-0.2, 0) is 11.2 Å². The number of para-hydroxylation sites is 1. The molecule has 1 aromatic heterocycles. The summed E-state index contributed by atoms with van der Waals surface area (Å²) in [6, 6.07) is 13.7. The molecule has 0 radical (unpaired) electrons. The van der Waals surface area contributed by atoms with Crippen molar-refractivity contribution in [3.05, 3.63) is 53.7 Å². The Morgan fingerprint density at radius 3 is 3.00 bits per heavy atom. The van der Waals surface area contributed by atoms with Gasteiger partial charge in [-0.2, -0.15) is 5.26 Å². The summed E-state index contributed by atoms with van der Waals surface area (Å²) < 4.78 is 0. The molecule has 0 saturated carbocycles. The number of rotatable bonds is 3. The molecule has 116 valence electrons. The molecule has 0 N–H and O–H groups in total. The fourth-order valence-corrected chi connectivity index (χ4v) is 3.77. The van der Waals surface area contributed by atoms with Gasteiger partial charge >= 0.3 is 0 Å². The zero-order valence-electron chi connectivity index (χ0n) is 13.1. The number of fused-ring (bicyclic) bond motifs is 1. The fourth-order valence-electron chi connectivity index (χ4n) is 2.87. The maximum Gasteiger partial charge on any atom is 0.240 e. The molecule has 1 aliphatic heterocycles. The molecule has 1 amide bonds. The summed E-state index contributed by atoms with van der Waals surface area (Å²) >= 11 is 1.39. The highest BCUT2D eigenvalue weighted by Gasteiger charge is 2.33. The second-order valence-corrected chi connectivity index (χ2v) is 7.01. The van der Waals surface area contributed by atoms with Gasteiger partial charge in [0.25, 0.3) is 0 Å². The average molecular weight is 323 g/mol. The second kappa shape index (κ2) is 6.43. The van der Waals surface area contributed by atoms with Gasteiger partial charge in [0.2, 0.25) is 5.91 Å². The summed E-state index contributed by atoms with van der Waals surface area (Å²) in [7, 11) is 0. The van der Waals surface area contributed by atoms with Crippen LogP contribution in [0.15, 0.2) is 47.6 Å². The molecule has 2 unspecified atom stereocenters. The highest BCUT2D eigenvalue weighted by molar-refractivity contribution is 8.00. The second-order valence-electron chi connectivity index (χ2n) is 5.64. The number of pyridine rings is 1. The van der Waals surface area contributed by atoms with Crippen LogP contribution in [0.2, 0.25) is 0 Å². The maximum atomic E-state index is 12.9. The SMILES string of the molecule is CC(Sc1cc(C#N)ccn1)C(=O)N1c2ccccc2CC1C. The lowest BCUT2D eigenvalue weighted by molar-refractivity contribution is -0.118. The number of aromatic nitrogens is 1. The number of anilines is 1. The third kappa shape index (κ3) is 3.08. The molecule has 0 bridgehead atoms. The molecule has 1 aliphatic rings. The van der Waals surface area contributed by atoms with E-state index < -0.39 is 0 Å². The Hall–Kier alpha value is -2.32. The monoisotopic (exact) mass is 323 g/mol. The predicted octanol–water partition coefficient (Wildman–Crippen LogP) is 3.41. The number of amides is 1. The summed E-state index contributed by atoms with van der Waals surface area (Å²) in [5, 5.41) is 9.40. The molecule has 0 saturated heterocycles. The molecule has 2 heterocycles. The van der Waals surface area contributed by atoms with Crippen LogP contribution in [0, 0.1) is 11.3 Å². The summed E-state index contributed by atoms with van der Waals surface area (Å²) in [5.41, 5.74) is 2.79. The van der Waals surface area contributed by atoms with Crippen LogP contribution < -0.4 is 4.90 Å². The Morgan fingerprint density at radius 1 is 1.43 bits per heavy atom. The van der Waals surface area contributed by atoms with Gasteiger partial charge in [0.15, 0.2) is 0 Å². The number of hydrogen-bond acceptors (Lipinski definition) is 4. The van der Waals surface area contributed by atoms with E-state index in [1.165, 1.54) is 17.3 Å². The van der Waals surface area contributed by atoms with Crippen molar-refractivity contribution < 1.29 is 4.79 Å². The van der Waals surface area contributed by atoms with Crippen LogP contribution >= 0.6 is 11.8 Å². The summed E-state index contributed by atoms with van der Waals surface area (Å²) in [6.45, 7) is 3.96. The van der Waals surface area contributed by atoms with Crippen molar-refractivity contribution in [2.45, 2.75) is 36.6 Å². The standard InChI is InChI=1S/C18H17N3OS/c1-12-9-15-5-3-4-6-16(15)21(12)18(22)13(2)23-17-10-14(11-19)7-8-20-17/h3-8,10,12-13H,9H2,1-2H3. The lowest BCUT2D eigenvalue weighted by Gasteiger charge is -2.25. The fraction of sp³-hybridized carbons (Fsp3) is 0.278.